The summed E-state index contributed by atoms with van der Waals surface area (Å²) in [6.45, 7) is 1.87. The number of pyridine rings is 1. The fraction of sp³-hybridized carbons (Fsp3) is 0.0769. The highest BCUT2D eigenvalue weighted by atomic mass is 35.5. The molecule has 0 amide bonds. The number of anilines is 2. The Morgan fingerprint density at radius 1 is 1.32 bits per heavy atom. The van der Waals surface area contributed by atoms with Crippen LogP contribution in [0.2, 0.25) is 10.0 Å². The first-order valence-electron chi connectivity index (χ1n) is 5.53. The van der Waals surface area contributed by atoms with Crippen LogP contribution in [0.3, 0.4) is 0 Å². The van der Waals surface area contributed by atoms with Gasteiger partial charge in [0.2, 0.25) is 0 Å². The van der Waals surface area contributed by atoms with E-state index in [0.717, 1.165) is 11.3 Å². The van der Waals surface area contributed by atoms with Gasteiger partial charge in [0, 0.05) is 11.9 Å². The number of nitrogen functional groups attached to an aromatic ring is 1. The number of hydrogen-bond acceptors (Lipinski definition) is 4. The molecule has 0 spiro atoms. The Balaban J connectivity index is 2.18. The second kappa shape index (κ2) is 5.91. The van der Waals surface area contributed by atoms with Crippen molar-refractivity contribution in [1.82, 2.24) is 4.98 Å². The number of nitrogens with one attached hydrogen (secondary N) is 1. The molecule has 1 aromatic heterocycles. The van der Waals surface area contributed by atoms with Gasteiger partial charge in [0.05, 0.1) is 15.8 Å². The molecule has 0 aliphatic carbocycles. The van der Waals surface area contributed by atoms with Gasteiger partial charge in [-0.05, 0) is 30.7 Å². The maximum Gasteiger partial charge on any atom is 0.165 e. The summed E-state index contributed by atoms with van der Waals surface area (Å²) in [7, 11) is 0. The van der Waals surface area contributed by atoms with E-state index in [0.29, 0.717) is 21.6 Å². The van der Waals surface area contributed by atoms with E-state index in [4.69, 9.17) is 28.9 Å². The first kappa shape index (κ1) is 13.6. The molecule has 4 nitrogen and oxygen atoms in total. The van der Waals surface area contributed by atoms with Gasteiger partial charge in [0.1, 0.15) is 0 Å². The number of nitrogens with zero attached hydrogens (tertiary/aromatic N) is 2. The summed E-state index contributed by atoms with van der Waals surface area (Å²) in [6, 6.07) is 9.06. The molecule has 0 atom stereocenters. The van der Waals surface area contributed by atoms with E-state index in [2.05, 4.69) is 15.5 Å². The van der Waals surface area contributed by atoms with Gasteiger partial charge in [0.15, 0.2) is 5.82 Å². The number of halogens is 2. The second-order valence-electron chi connectivity index (χ2n) is 3.92. The van der Waals surface area contributed by atoms with Gasteiger partial charge in [0.25, 0.3) is 0 Å². The Hall–Kier alpha value is -1.78. The van der Waals surface area contributed by atoms with E-state index in [9.17, 15) is 0 Å². The average molecular weight is 295 g/mol. The van der Waals surface area contributed by atoms with Crippen molar-refractivity contribution in [3.05, 3.63) is 52.1 Å². The monoisotopic (exact) mass is 294 g/mol. The number of hydrogen-bond donors (Lipinski definition) is 2. The van der Waals surface area contributed by atoms with Gasteiger partial charge in [-0.2, -0.15) is 5.10 Å². The molecule has 0 saturated carbocycles. The quantitative estimate of drug-likeness (QED) is 0.514. The lowest BCUT2D eigenvalue weighted by Gasteiger charge is -2.05. The van der Waals surface area contributed by atoms with E-state index in [1.54, 1.807) is 6.07 Å². The zero-order valence-electron chi connectivity index (χ0n) is 10.2. The minimum Gasteiger partial charge on any atom is -0.399 e. The molecule has 0 fully saturated rings. The molecule has 0 aliphatic heterocycles. The maximum atomic E-state index is 5.99. The van der Waals surface area contributed by atoms with Crippen molar-refractivity contribution in [2.45, 2.75) is 6.92 Å². The van der Waals surface area contributed by atoms with Crippen molar-refractivity contribution < 1.29 is 0 Å². The summed E-state index contributed by atoms with van der Waals surface area (Å²) in [4.78, 5) is 4.05. The number of hydrazone groups is 1. The van der Waals surface area contributed by atoms with Crippen LogP contribution >= 0.6 is 23.2 Å². The van der Waals surface area contributed by atoms with Crippen molar-refractivity contribution in [3.8, 4) is 0 Å². The molecule has 2 rings (SSSR count). The first-order chi connectivity index (χ1) is 9.06. The van der Waals surface area contributed by atoms with Gasteiger partial charge < -0.3 is 5.73 Å². The lowest BCUT2D eigenvalue weighted by molar-refractivity contribution is 1.22. The predicted octanol–water partition coefficient (Wildman–Crippen LogP) is 3.81. The van der Waals surface area contributed by atoms with E-state index >= 15 is 0 Å². The van der Waals surface area contributed by atoms with Crippen molar-refractivity contribution in [3.63, 3.8) is 0 Å². The summed E-state index contributed by atoms with van der Waals surface area (Å²) in [5.74, 6) is 0.453. The Bertz CT molecular complexity index is 626. The third-order valence-corrected chi connectivity index (χ3v) is 2.94. The molecular formula is C13H12Cl2N4. The van der Waals surface area contributed by atoms with E-state index < -0.39 is 0 Å². The Labute approximate surface area is 121 Å². The van der Waals surface area contributed by atoms with Crippen LogP contribution in [0.4, 0.5) is 11.5 Å². The van der Waals surface area contributed by atoms with Crippen molar-refractivity contribution in [1.29, 1.82) is 0 Å². The first-order valence-corrected chi connectivity index (χ1v) is 6.29. The molecule has 6 heteroatoms. The van der Waals surface area contributed by atoms with Gasteiger partial charge >= 0.3 is 0 Å². The number of aromatic nitrogens is 1. The minimum atomic E-state index is 0.414. The topological polar surface area (TPSA) is 63.3 Å². The van der Waals surface area contributed by atoms with Crippen molar-refractivity contribution >= 4 is 40.4 Å². The molecule has 19 heavy (non-hydrogen) atoms. The Morgan fingerprint density at radius 3 is 2.79 bits per heavy atom. The van der Waals surface area contributed by atoms with Crippen LogP contribution in [0.5, 0.6) is 0 Å². The summed E-state index contributed by atoms with van der Waals surface area (Å²) in [6.07, 6.45) is 1.50. The summed E-state index contributed by atoms with van der Waals surface area (Å²) >= 11 is 11.8. The molecule has 0 radical (unpaired) electrons. The predicted molar refractivity (Wildman–Crippen MR) is 80.9 cm³/mol. The molecule has 0 saturated heterocycles. The fourth-order valence-electron chi connectivity index (χ4n) is 1.46. The smallest absolute Gasteiger partial charge is 0.165 e. The molecule has 2 aromatic rings. The molecule has 0 bridgehead atoms. The van der Waals surface area contributed by atoms with Gasteiger partial charge in [-0.25, -0.2) is 4.98 Å². The Kier molecular flexibility index (Phi) is 4.24. The average Bonchev–Trinajstić information content (AvgIpc) is 2.37. The van der Waals surface area contributed by atoms with Crippen molar-refractivity contribution in [2.24, 2.45) is 5.10 Å². The van der Waals surface area contributed by atoms with Gasteiger partial charge in [-0.15, -0.1) is 0 Å². The van der Waals surface area contributed by atoms with Crippen molar-refractivity contribution in [2.75, 3.05) is 11.2 Å². The molecule has 0 unspecified atom stereocenters. The van der Waals surface area contributed by atoms with Crippen LogP contribution < -0.4 is 11.2 Å². The van der Waals surface area contributed by atoms with Gasteiger partial charge in [-0.3, -0.25) is 5.43 Å². The maximum absolute atomic E-state index is 5.99. The molecule has 0 aliphatic rings. The van der Waals surface area contributed by atoms with Crippen LogP contribution in [0.25, 0.3) is 0 Å². The Morgan fingerprint density at radius 2 is 2.11 bits per heavy atom. The lowest BCUT2D eigenvalue weighted by atomic mass is 10.1. The largest absolute Gasteiger partial charge is 0.399 e. The van der Waals surface area contributed by atoms with E-state index in [1.165, 1.54) is 6.20 Å². The van der Waals surface area contributed by atoms with Crippen LogP contribution in [0, 0.1) is 0 Å². The SMILES string of the molecule is C/C(=N\Nc1ncc(Cl)cc1Cl)c1cccc(N)c1. The van der Waals surface area contributed by atoms with Crippen LogP contribution in [0.15, 0.2) is 41.6 Å². The summed E-state index contributed by atoms with van der Waals surface area (Å²) in [5.41, 5.74) is 10.9. The number of benzene rings is 1. The highest BCUT2D eigenvalue weighted by molar-refractivity contribution is 6.35. The third kappa shape index (κ3) is 3.59. The van der Waals surface area contributed by atoms with E-state index in [1.807, 2.05) is 31.2 Å². The normalized spacial score (nSPS) is 11.4. The van der Waals surface area contributed by atoms with E-state index in [-0.39, 0.29) is 0 Å². The number of nitrogens with two attached hydrogens (primary N) is 1. The highest BCUT2D eigenvalue weighted by Crippen LogP contribution is 2.22. The molecule has 1 aromatic carbocycles. The third-order valence-electron chi connectivity index (χ3n) is 2.44. The van der Waals surface area contributed by atoms with Crippen LogP contribution in [-0.4, -0.2) is 10.7 Å². The summed E-state index contributed by atoms with van der Waals surface area (Å²) in [5, 5.41) is 5.11. The zero-order valence-corrected chi connectivity index (χ0v) is 11.7. The van der Waals surface area contributed by atoms with Gasteiger partial charge in [-0.1, -0.05) is 35.3 Å². The highest BCUT2D eigenvalue weighted by Gasteiger charge is 2.02. The molecule has 1 heterocycles. The lowest BCUT2D eigenvalue weighted by Crippen LogP contribution is -2.01. The molecular weight excluding hydrogens is 283 g/mol. The van der Waals surface area contributed by atoms with Crippen LogP contribution in [-0.2, 0) is 0 Å². The number of rotatable bonds is 3. The standard InChI is InChI=1S/C13H12Cl2N4/c1-8(9-3-2-4-11(16)5-9)18-19-13-12(15)6-10(14)7-17-13/h2-7H,16H2,1H3,(H,17,19)/b18-8+. The minimum absolute atomic E-state index is 0.414. The fourth-order valence-corrected chi connectivity index (χ4v) is 1.88. The summed E-state index contributed by atoms with van der Waals surface area (Å²) < 4.78 is 0. The zero-order chi connectivity index (χ0) is 13.8. The second-order valence-corrected chi connectivity index (χ2v) is 4.76. The molecule has 98 valence electrons. The van der Waals surface area contributed by atoms with Crippen LogP contribution in [0.1, 0.15) is 12.5 Å². The molecule has 3 N–H and O–H groups in total.